The molecule has 0 bridgehead atoms. The smallest absolute Gasteiger partial charge is 0.274 e. The number of nitrogens with one attached hydrogen (secondary N) is 1. The zero-order valence-corrected chi connectivity index (χ0v) is 15.0. The van der Waals surface area contributed by atoms with E-state index in [1.165, 1.54) is 0 Å². The number of likely N-dealkylation sites (tertiary alicyclic amines) is 1. The van der Waals surface area contributed by atoms with Crippen molar-refractivity contribution in [1.29, 1.82) is 0 Å². The van der Waals surface area contributed by atoms with Crippen LogP contribution in [-0.4, -0.2) is 34.8 Å². The number of hydrogen-bond acceptors (Lipinski definition) is 3. The topological polar surface area (TPSA) is 62.3 Å². The van der Waals surface area contributed by atoms with Crippen molar-refractivity contribution in [2.75, 3.05) is 18.4 Å². The van der Waals surface area contributed by atoms with Crippen LogP contribution < -0.4 is 5.32 Å². The molecule has 6 heteroatoms. The number of halogens is 1. The number of hydrogen-bond donors (Lipinski definition) is 1. The number of carbonyl (C=O) groups excluding carboxylic acids is 2. The van der Waals surface area contributed by atoms with Gasteiger partial charge in [0.15, 0.2) is 0 Å². The summed E-state index contributed by atoms with van der Waals surface area (Å²) >= 11 is 3.40. The van der Waals surface area contributed by atoms with Gasteiger partial charge >= 0.3 is 0 Å². The van der Waals surface area contributed by atoms with Crippen LogP contribution in [0.3, 0.4) is 0 Å². The number of rotatable bonds is 3. The van der Waals surface area contributed by atoms with Gasteiger partial charge in [-0.3, -0.25) is 9.59 Å². The molecule has 2 heterocycles. The summed E-state index contributed by atoms with van der Waals surface area (Å²) in [4.78, 5) is 30.9. The first-order chi connectivity index (χ1) is 11.5. The fourth-order valence-corrected chi connectivity index (χ4v) is 3.19. The molecule has 5 nitrogen and oxygen atoms in total. The molecule has 0 spiro atoms. The molecule has 1 N–H and O–H groups in total. The predicted octanol–water partition coefficient (Wildman–Crippen LogP) is 3.64. The summed E-state index contributed by atoms with van der Waals surface area (Å²) in [5.74, 6) is -0.432. The number of carbonyl (C=O) groups is 2. The van der Waals surface area contributed by atoms with Crippen molar-refractivity contribution >= 4 is 33.4 Å². The number of pyridine rings is 1. The van der Waals surface area contributed by atoms with E-state index in [1.807, 2.05) is 25.1 Å². The lowest BCUT2D eigenvalue weighted by molar-refractivity contribution is 0.0787. The summed E-state index contributed by atoms with van der Waals surface area (Å²) in [6.45, 7) is 3.44. The first-order valence-electron chi connectivity index (χ1n) is 7.88. The number of aromatic nitrogens is 1. The predicted molar refractivity (Wildman–Crippen MR) is 96.2 cm³/mol. The van der Waals surface area contributed by atoms with Crippen LogP contribution in [0.25, 0.3) is 0 Å². The normalized spacial score (nSPS) is 13.8. The first-order valence-corrected chi connectivity index (χ1v) is 8.68. The van der Waals surface area contributed by atoms with E-state index in [1.54, 1.807) is 23.1 Å². The van der Waals surface area contributed by atoms with Crippen molar-refractivity contribution in [1.82, 2.24) is 9.88 Å². The Bertz CT molecular complexity index is 786. The third kappa shape index (κ3) is 3.64. The molecule has 1 aromatic heterocycles. The Hall–Kier alpha value is -2.21. The third-order valence-corrected chi connectivity index (χ3v) is 4.52. The Kier molecular flexibility index (Phi) is 4.94. The van der Waals surface area contributed by atoms with E-state index in [2.05, 4.69) is 26.2 Å². The zero-order chi connectivity index (χ0) is 17.1. The van der Waals surface area contributed by atoms with E-state index in [0.29, 0.717) is 5.69 Å². The molecule has 0 aliphatic carbocycles. The highest BCUT2D eigenvalue weighted by molar-refractivity contribution is 9.10. The summed E-state index contributed by atoms with van der Waals surface area (Å²) in [5, 5.41) is 2.84. The summed E-state index contributed by atoms with van der Waals surface area (Å²) in [5.41, 5.74) is 2.22. The van der Waals surface area contributed by atoms with Crippen molar-refractivity contribution in [3.8, 4) is 0 Å². The van der Waals surface area contributed by atoms with Gasteiger partial charge in [-0.2, -0.15) is 0 Å². The molecule has 24 heavy (non-hydrogen) atoms. The lowest BCUT2D eigenvalue weighted by atomic mass is 10.2. The second-order valence-corrected chi connectivity index (χ2v) is 6.74. The van der Waals surface area contributed by atoms with Gasteiger partial charge in [-0.25, -0.2) is 4.98 Å². The Labute approximate surface area is 149 Å². The molecule has 0 radical (unpaired) electrons. The standard InChI is InChI=1S/C18H18BrN3O2/c1-12-11-13(19)7-8-14(12)21-17(23)15-5-4-6-16(20-15)18(24)22-9-2-3-10-22/h4-8,11H,2-3,9-10H2,1H3,(H,21,23). The Morgan fingerprint density at radius 1 is 1.12 bits per heavy atom. The summed E-state index contributed by atoms with van der Waals surface area (Å²) in [7, 11) is 0. The lowest BCUT2D eigenvalue weighted by Gasteiger charge is -2.15. The number of anilines is 1. The largest absolute Gasteiger partial charge is 0.337 e. The van der Waals surface area contributed by atoms with Crippen LogP contribution in [0.4, 0.5) is 5.69 Å². The van der Waals surface area contributed by atoms with Gasteiger partial charge < -0.3 is 10.2 Å². The van der Waals surface area contributed by atoms with Crippen molar-refractivity contribution in [2.45, 2.75) is 19.8 Å². The molecular formula is C18H18BrN3O2. The van der Waals surface area contributed by atoms with Crippen LogP contribution in [0.15, 0.2) is 40.9 Å². The molecule has 1 saturated heterocycles. The maximum absolute atomic E-state index is 12.4. The van der Waals surface area contributed by atoms with Gasteiger partial charge in [-0.05, 0) is 55.7 Å². The molecule has 1 aromatic carbocycles. The van der Waals surface area contributed by atoms with E-state index in [4.69, 9.17) is 0 Å². The number of amides is 2. The van der Waals surface area contributed by atoms with Gasteiger partial charge in [0.2, 0.25) is 0 Å². The maximum Gasteiger partial charge on any atom is 0.274 e. The Morgan fingerprint density at radius 3 is 2.54 bits per heavy atom. The van der Waals surface area contributed by atoms with Crippen molar-refractivity contribution in [2.24, 2.45) is 0 Å². The van der Waals surface area contributed by atoms with Crippen LogP contribution in [0.5, 0.6) is 0 Å². The number of nitrogens with zero attached hydrogens (tertiary/aromatic N) is 2. The average molecular weight is 388 g/mol. The fraction of sp³-hybridized carbons (Fsp3) is 0.278. The van der Waals surface area contributed by atoms with E-state index < -0.39 is 0 Å². The second-order valence-electron chi connectivity index (χ2n) is 5.82. The highest BCUT2D eigenvalue weighted by atomic mass is 79.9. The van der Waals surface area contributed by atoms with Crippen molar-refractivity contribution < 1.29 is 9.59 Å². The summed E-state index contributed by atoms with van der Waals surface area (Å²) in [6.07, 6.45) is 2.05. The van der Waals surface area contributed by atoms with E-state index >= 15 is 0 Å². The average Bonchev–Trinajstić information content (AvgIpc) is 3.11. The van der Waals surface area contributed by atoms with E-state index in [9.17, 15) is 9.59 Å². The highest BCUT2D eigenvalue weighted by Crippen LogP contribution is 2.20. The quantitative estimate of drug-likeness (QED) is 0.874. The molecule has 124 valence electrons. The van der Waals surface area contributed by atoms with Crippen LogP contribution in [-0.2, 0) is 0 Å². The minimum absolute atomic E-state index is 0.109. The van der Waals surface area contributed by atoms with Gasteiger partial charge in [0.05, 0.1) is 0 Å². The summed E-state index contributed by atoms with van der Waals surface area (Å²) in [6, 6.07) is 10.6. The number of benzene rings is 1. The van der Waals surface area contributed by atoms with E-state index in [0.717, 1.165) is 41.7 Å². The maximum atomic E-state index is 12.4. The molecular weight excluding hydrogens is 370 g/mol. The van der Waals surface area contributed by atoms with Crippen molar-refractivity contribution in [3.63, 3.8) is 0 Å². The van der Waals surface area contributed by atoms with Gasteiger partial charge in [0.1, 0.15) is 11.4 Å². The SMILES string of the molecule is Cc1cc(Br)ccc1NC(=O)c1cccc(C(=O)N2CCCC2)n1. The summed E-state index contributed by atoms with van der Waals surface area (Å²) < 4.78 is 0.953. The minimum atomic E-state index is -0.323. The molecule has 1 fully saturated rings. The van der Waals surface area contributed by atoms with Gasteiger partial charge in [0.25, 0.3) is 11.8 Å². The van der Waals surface area contributed by atoms with Gasteiger partial charge in [0, 0.05) is 23.2 Å². The second kappa shape index (κ2) is 7.13. The fourth-order valence-electron chi connectivity index (χ4n) is 2.72. The lowest BCUT2D eigenvalue weighted by Crippen LogP contribution is -2.29. The monoisotopic (exact) mass is 387 g/mol. The van der Waals surface area contributed by atoms with Gasteiger partial charge in [-0.15, -0.1) is 0 Å². The van der Waals surface area contributed by atoms with E-state index in [-0.39, 0.29) is 17.5 Å². The van der Waals surface area contributed by atoms with Crippen molar-refractivity contribution in [3.05, 3.63) is 57.8 Å². The highest BCUT2D eigenvalue weighted by Gasteiger charge is 2.21. The Balaban J connectivity index is 1.77. The molecule has 0 saturated carbocycles. The minimum Gasteiger partial charge on any atom is -0.337 e. The molecule has 1 aliphatic rings. The molecule has 3 rings (SSSR count). The molecule has 0 atom stereocenters. The third-order valence-electron chi connectivity index (χ3n) is 4.03. The van der Waals surface area contributed by atoms with Gasteiger partial charge in [-0.1, -0.05) is 22.0 Å². The molecule has 1 aliphatic heterocycles. The molecule has 2 amide bonds. The molecule has 0 unspecified atom stereocenters. The number of aryl methyl sites for hydroxylation is 1. The Morgan fingerprint density at radius 2 is 1.83 bits per heavy atom. The zero-order valence-electron chi connectivity index (χ0n) is 13.4. The van der Waals surface area contributed by atoms with Crippen LogP contribution >= 0.6 is 15.9 Å². The van der Waals surface area contributed by atoms with Crippen LogP contribution in [0.1, 0.15) is 39.4 Å². The van der Waals surface area contributed by atoms with Crippen LogP contribution in [0, 0.1) is 6.92 Å². The first kappa shape index (κ1) is 16.6. The molecule has 2 aromatic rings. The van der Waals surface area contributed by atoms with Crippen LogP contribution in [0.2, 0.25) is 0 Å².